The lowest BCUT2D eigenvalue weighted by atomic mass is 10.0. The van der Waals surface area contributed by atoms with E-state index >= 15 is 0 Å². The second kappa shape index (κ2) is 4.36. The molecule has 0 aliphatic carbocycles. The first-order valence-corrected chi connectivity index (χ1v) is 14.5. The van der Waals surface area contributed by atoms with E-state index in [0.717, 1.165) is 11.5 Å². The van der Waals surface area contributed by atoms with Gasteiger partial charge in [0.2, 0.25) is 0 Å². The third-order valence-corrected chi connectivity index (χ3v) is 18.6. The van der Waals surface area contributed by atoms with Crippen molar-refractivity contribution in [3.63, 3.8) is 0 Å². The lowest BCUT2D eigenvalue weighted by Crippen LogP contribution is -2.65. The second-order valence-electron chi connectivity index (χ2n) is 6.97. The molecule has 1 aliphatic rings. The van der Waals surface area contributed by atoms with Gasteiger partial charge in [0, 0.05) is 10.8 Å². The van der Waals surface area contributed by atoms with E-state index < -0.39 is 15.7 Å². The minimum atomic E-state index is -1.86. The standard InChI is InChI=1S/C18H20O2Si2/c1-21(2)19-17-15-11-7-5-9-13(15)14-10-6-8-12-16(14)18(17)20-22(21,3)4/h5-12H,1-4H3. The van der Waals surface area contributed by atoms with Crippen LogP contribution in [0.5, 0.6) is 11.5 Å². The van der Waals surface area contributed by atoms with Crippen molar-refractivity contribution in [3.05, 3.63) is 48.5 Å². The van der Waals surface area contributed by atoms with E-state index in [1.165, 1.54) is 21.5 Å². The largest absolute Gasteiger partial charge is 0.540 e. The van der Waals surface area contributed by atoms with Crippen molar-refractivity contribution in [3.8, 4) is 11.5 Å². The summed E-state index contributed by atoms with van der Waals surface area (Å²) in [7, 11) is -3.71. The van der Waals surface area contributed by atoms with Crippen LogP contribution >= 0.6 is 0 Å². The molecule has 0 N–H and O–H groups in total. The molecule has 0 saturated carbocycles. The molecule has 1 heterocycles. The highest BCUT2D eigenvalue weighted by molar-refractivity contribution is 7.36. The first-order chi connectivity index (χ1) is 10.4. The van der Waals surface area contributed by atoms with Gasteiger partial charge in [-0.3, -0.25) is 0 Å². The molecule has 112 valence electrons. The highest BCUT2D eigenvalue weighted by Gasteiger charge is 2.52. The minimum absolute atomic E-state index is 0.956. The Kier molecular flexibility index (Phi) is 2.75. The Morgan fingerprint density at radius 2 is 0.864 bits per heavy atom. The average molecular weight is 325 g/mol. The summed E-state index contributed by atoms with van der Waals surface area (Å²) in [6.45, 7) is 9.14. The van der Waals surface area contributed by atoms with Crippen LogP contribution in [0.1, 0.15) is 0 Å². The third kappa shape index (κ3) is 1.77. The number of fused-ring (bicyclic) bond motifs is 6. The SMILES string of the molecule is C[Si]1(C)Oc2c(c3ccccc3c3ccccc23)O[Si]1(C)C. The van der Waals surface area contributed by atoms with E-state index in [0.29, 0.717) is 0 Å². The van der Waals surface area contributed by atoms with Gasteiger partial charge in [0.15, 0.2) is 11.5 Å². The Labute approximate surface area is 132 Å². The molecule has 0 spiro atoms. The van der Waals surface area contributed by atoms with Crippen molar-refractivity contribution in [2.75, 3.05) is 0 Å². The van der Waals surface area contributed by atoms with Crippen molar-refractivity contribution < 1.29 is 8.85 Å². The van der Waals surface area contributed by atoms with Crippen LogP contribution in [0.2, 0.25) is 26.2 Å². The summed E-state index contributed by atoms with van der Waals surface area (Å²) in [6.07, 6.45) is 0. The van der Waals surface area contributed by atoms with Crippen molar-refractivity contribution in [1.29, 1.82) is 0 Å². The summed E-state index contributed by atoms with van der Waals surface area (Å²) in [4.78, 5) is 0. The van der Waals surface area contributed by atoms with Gasteiger partial charge < -0.3 is 8.85 Å². The molecule has 4 rings (SSSR count). The molecule has 4 heteroatoms. The Morgan fingerprint density at radius 1 is 0.545 bits per heavy atom. The van der Waals surface area contributed by atoms with Gasteiger partial charge in [0.25, 0.3) is 15.7 Å². The molecule has 3 aromatic rings. The lowest BCUT2D eigenvalue weighted by molar-refractivity contribution is 0.466. The molecule has 0 unspecified atom stereocenters. The second-order valence-corrected chi connectivity index (χ2v) is 20.6. The van der Waals surface area contributed by atoms with E-state index in [4.69, 9.17) is 8.85 Å². The summed E-state index contributed by atoms with van der Waals surface area (Å²) < 4.78 is 13.3. The van der Waals surface area contributed by atoms with E-state index in [2.05, 4.69) is 74.7 Å². The molecule has 0 radical (unpaired) electrons. The van der Waals surface area contributed by atoms with Gasteiger partial charge in [-0.05, 0) is 37.0 Å². The maximum atomic E-state index is 6.63. The summed E-state index contributed by atoms with van der Waals surface area (Å²) in [6, 6.07) is 17.0. The van der Waals surface area contributed by atoms with Gasteiger partial charge in [-0.25, -0.2) is 0 Å². The topological polar surface area (TPSA) is 18.5 Å². The highest BCUT2D eigenvalue weighted by Crippen LogP contribution is 2.49. The van der Waals surface area contributed by atoms with E-state index in [9.17, 15) is 0 Å². The predicted molar refractivity (Wildman–Crippen MR) is 97.7 cm³/mol. The molecule has 0 bridgehead atoms. The maximum Gasteiger partial charge on any atom is 0.274 e. The fourth-order valence-electron chi connectivity index (χ4n) is 3.04. The first-order valence-electron chi connectivity index (χ1n) is 7.72. The zero-order valence-electron chi connectivity index (χ0n) is 13.4. The van der Waals surface area contributed by atoms with Gasteiger partial charge in [-0.15, -0.1) is 0 Å². The summed E-state index contributed by atoms with van der Waals surface area (Å²) in [5, 5.41) is 4.82. The van der Waals surface area contributed by atoms with Crippen LogP contribution in [0.15, 0.2) is 48.5 Å². The van der Waals surface area contributed by atoms with Crippen LogP contribution in [-0.4, -0.2) is 15.7 Å². The Morgan fingerprint density at radius 3 is 1.23 bits per heavy atom. The van der Waals surface area contributed by atoms with E-state index in [1.54, 1.807) is 0 Å². The zero-order valence-corrected chi connectivity index (χ0v) is 15.4. The van der Waals surface area contributed by atoms with Crippen molar-refractivity contribution in [2.24, 2.45) is 0 Å². The molecule has 22 heavy (non-hydrogen) atoms. The fraction of sp³-hybridized carbons (Fsp3) is 0.222. The Hall–Kier alpha value is -1.79. The van der Waals surface area contributed by atoms with Gasteiger partial charge in [-0.1, -0.05) is 48.5 Å². The summed E-state index contributed by atoms with van der Waals surface area (Å²) in [5.74, 6) is 1.91. The van der Waals surface area contributed by atoms with Crippen LogP contribution in [0, 0.1) is 0 Å². The predicted octanol–water partition coefficient (Wildman–Crippen LogP) is 5.25. The summed E-state index contributed by atoms with van der Waals surface area (Å²) in [5.41, 5.74) is 0. The molecular weight excluding hydrogens is 304 g/mol. The van der Waals surface area contributed by atoms with E-state index in [1.807, 2.05) is 0 Å². The van der Waals surface area contributed by atoms with E-state index in [-0.39, 0.29) is 0 Å². The van der Waals surface area contributed by atoms with Crippen LogP contribution < -0.4 is 8.85 Å². The molecule has 2 nitrogen and oxygen atoms in total. The van der Waals surface area contributed by atoms with Crippen molar-refractivity contribution in [1.82, 2.24) is 0 Å². The molecule has 0 saturated heterocycles. The normalized spacial score (nSPS) is 18.5. The first kappa shape index (κ1) is 13.8. The maximum absolute atomic E-state index is 6.63. The molecule has 1 aliphatic heterocycles. The van der Waals surface area contributed by atoms with Crippen molar-refractivity contribution in [2.45, 2.75) is 26.2 Å². The number of rotatable bonds is 0. The molecule has 0 aromatic heterocycles. The highest BCUT2D eigenvalue weighted by atomic mass is 29.3. The van der Waals surface area contributed by atoms with Gasteiger partial charge in [0.05, 0.1) is 0 Å². The quantitative estimate of drug-likeness (QED) is 0.415. The summed E-state index contributed by atoms with van der Waals surface area (Å²) >= 11 is 0. The Bertz CT molecular complexity index is 825. The number of benzene rings is 3. The minimum Gasteiger partial charge on any atom is -0.540 e. The van der Waals surface area contributed by atoms with Crippen LogP contribution in [0.3, 0.4) is 0 Å². The molecule has 0 fully saturated rings. The Balaban J connectivity index is 2.17. The molecular formula is C18H20O2Si2. The molecule has 0 amide bonds. The third-order valence-electron chi connectivity index (χ3n) is 5.00. The lowest BCUT2D eigenvalue weighted by Gasteiger charge is -2.43. The van der Waals surface area contributed by atoms with Gasteiger partial charge in [-0.2, -0.15) is 0 Å². The van der Waals surface area contributed by atoms with Crippen LogP contribution in [0.4, 0.5) is 0 Å². The van der Waals surface area contributed by atoms with Gasteiger partial charge >= 0.3 is 0 Å². The number of hydrogen-bond donors (Lipinski definition) is 0. The number of hydrogen-bond acceptors (Lipinski definition) is 2. The molecule has 0 atom stereocenters. The fourth-order valence-corrected chi connectivity index (χ4v) is 7.04. The monoisotopic (exact) mass is 324 g/mol. The molecule has 3 aromatic carbocycles. The van der Waals surface area contributed by atoms with Crippen LogP contribution in [0.25, 0.3) is 21.5 Å². The van der Waals surface area contributed by atoms with Crippen LogP contribution in [-0.2, 0) is 0 Å². The zero-order chi connectivity index (χ0) is 15.5. The smallest absolute Gasteiger partial charge is 0.274 e. The average Bonchev–Trinajstić information content (AvgIpc) is 2.49. The van der Waals surface area contributed by atoms with Crippen molar-refractivity contribution >= 4 is 37.2 Å². The van der Waals surface area contributed by atoms with Gasteiger partial charge in [0.1, 0.15) is 0 Å².